The number of carbonyl (C=O) groups excluding carboxylic acids is 2. The fourth-order valence-electron chi connectivity index (χ4n) is 3.60. The van der Waals surface area contributed by atoms with E-state index in [1.165, 1.54) is 25.3 Å². The number of anilines is 1. The SMILES string of the molecule is COC(=O)Cc1ccc(Cl)c(NC(=O)c2ccc(OCCC3CCCCO3)cc2C(F)(F)F)c1. The summed E-state index contributed by atoms with van der Waals surface area (Å²) in [6, 6.07) is 7.60. The Hall–Kier alpha value is -2.78. The minimum atomic E-state index is -4.78. The summed E-state index contributed by atoms with van der Waals surface area (Å²) in [7, 11) is 1.23. The fraction of sp³-hybridized carbons (Fsp3) is 0.417. The molecule has 10 heteroatoms. The van der Waals surface area contributed by atoms with Gasteiger partial charge in [-0.15, -0.1) is 0 Å². The van der Waals surface area contributed by atoms with Gasteiger partial charge in [0.15, 0.2) is 0 Å². The molecule has 0 radical (unpaired) electrons. The molecule has 0 aliphatic carbocycles. The number of benzene rings is 2. The number of hydrogen-bond donors (Lipinski definition) is 1. The van der Waals surface area contributed by atoms with E-state index < -0.39 is 29.2 Å². The predicted octanol–water partition coefficient (Wildman–Crippen LogP) is 5.66. The van der Waals surface area contributed by atoms with E-state index in [0.29, 0.717) is 18.6 Å². The van der Waals surface area contributed by atoms with Crippen molar-refractivity contribution in [3.8, 4) is 5.75 Å². The summed E-state index contributed by atoms with van der Waals surface area (Å²) in [5, 5.41) is 2.51. The summed E-state index contributed by atoms with van der Waals surface area (Å²) in [5.41, 5.74) is -1.15. The highest BCUT2D eigenvalue weighted by atomic mass is 35.5. The Morgan fingerprint density at radius 1 is 1.18 bits per heavy atom. The van der Waals surface area contributed by atoms with E-state index in [1.807, 2.05) is 0 Å². The van der Waals surface area contributed by atoms with Gasteiger partial charge in [-0.25, -0.2) is 0 Å². The Labute approximate surface area is 200 Å². The number of halogens is 4. The molecule has 0 aromatic heterocycles. The van der Waals surface area contributed by atoms with Crippen LogP contribution >= 0.6 is 11.6 Å². The summed E-state index contributed by atoms with van der Waals surface area (Å²) in [6.45, 7) is 0.887. The molecule has 1 aliphatic heterocycles. The van der Waals surface area contributed by atoms with Gasteiger partial charge in [0.1, 0.15) is 5.75 Å². The number of esters is 1. The molecule has 1 aliphatic rings. The topological polar surface area (TPSA) is 73.9 Å². The lowest BCUT2D eigenvalue weighted by atomic mass is 10.0. The minimum Gasteiger partial charge on any atom is -0.493 e. The van der Waals surface area contributed by atoms with Gasteiger partial charge in [0, 0.05) is 13.0 Å². The Morgan fingerprint density at radius 2 is 1.97 bits per heavy atom. The van der Waals surface area contributed by atoms with Gasteiger partial charge >= 0.3 is 12.1 Å². The number of ether oxygens (including phenoxy) is 3. The predicted molar refractivity (Wildman–Crippen MR) is 120 cm³/mol. The van der Waals surface area contributed by atoms with Crippen molar-refractivity contribution in [2.24, 2.45) is 0 Å². The smallest absolute Gasteiger partial charge is 0.417 e. The van der Waals surface area contributed by atoms with Crippen LogP contribution in [0.5, 0.6) is 5.75 Å². The van der Waals surface area contributed by atoms with Crippen LogP contribution in [0.4, 0.5) is 18.9 Å². The maximum atomic E-state index is 13.7. The maximum absolute atomic E-state index is 13.7. The Kier molecular flexibility index (Phi) is 8.79. The summed E-state index contributed by atoms with van der Waals surface area (Å²) < 4.78 is 56.9. The van der Waals surface area contributed by atoms with Gasteiger partial charge in [-0.2, -0.15) is 13.2 Å². The summed E-state index contributed by atoms with van der Waals surface area (Å²) >= 11 is 6.09. The van der Waals surface area contributed by atoms with Crippen molar-refractivity contribution in [3.63, 3.8) is 0 Å². The highest BCUT2D eigenvalue weighted by Crippen LogP contribution is 2.35. The molecule has 2 aromatic carbocycles. The van der Waals surface area contributed by atoms with Crippen molar-refractivity contribution >= 4 is 29.2 Å². The van der Waals surface area contributed by atoms with E-state index >= 15 is 0 Å². The van der Waals surface area contributed by atoms with E-state index in [2.05, 4.69) is 10.1 Å². The zero-order chi connectivity index (χ0) is 24.7. The van der Waals surface area contributed by atoms with Gasteiger partial charge in [0.05, 0.1) is 48.1 Å². The zero-order valence-electron chi connectivity index (χ0n) is 18.5. The van der Waals surface area contributed by atoms with Gasteiger partial charge in [0.2, 0.25) is 0 Å². The lowest BCUT2D eigenvalue weighted by molar-refractivity contribution is -0.140. The Bertz CT molecular complexity index is 1020. The molecule has 34 heavy (non-hydrogen) atoms. The molecule has 0 saturated carbocycles. The lowest BCUT2D eigenvalue weighted by Gasteiger charge is -2.22. The number of carbonyl (C=O) groups is 2. The highest BCUT2D eigenvalue weighted by Gasteiger charge is 2.36. The van der Waals surface area contributed by atoms with Crippen LogP contribution in [0.15, 0.2) is 36.4 Å². The molecule has 1 atom stereocenters. The van der Waals surface area contributed by atoms with E-state index in [0.717, 1.165) is 31.4 Å². The number of amides is 1. The van der Waals surface area contributed by atoms with Crippen molar-refractivity contribution in [1.29, 1.82) is 0 Å². The highest BCUT2D eigenvalue weighted by molar-refractivity contribution is 6.34. The van der Waals surface area contributed by atoms with Crippen LogP contribution < -0.4 is 10.1 Å². The van der Waals surface area contributed by atoms with Gasteiger partial charge in [-0.05, 0) is 55.2 Å². The van der Waals surface area contributed by atoms with Crippen molar-refractivity contribution in [2.75, 3.05) is 25.6 Å². The molecule has 1 N–H and O–H groups in total. The number of hydrogen-bond acceptors (Lipinski definition) is 5. The molecule has 2 aromatic rings. The first-order valence-electron chi connectivity index (χ1n) is 10.8. The average Bonchev–Trinajstić information content (AvgIpc) is 2.81. The van der Waals surface area contributed by atoms with Crippen LogP contribution in [0.1, 0.15) is 47.2 Å². The lowest BCUT2D eigenvalue weighted by Crippen LogP contribution is -2.21. The number of alkyl halides is 3. The van der Waals surface area contributed by atoms with Crippen LogP contribution in [-0.2, 0) is 26.9 Å². The number of rotatable bonds is 8. The summed E-state index contributed by atoms with van der Waals surface area (Å²) in [5.74, 6) is -1.49. The van der Waals surface area contributed by atoms with Crippen LogP contribution in [0, 0.1) is 0 Å². The molecule has 6 nitrogen and oxygen atoms in total. The van der Waals surface area contributed by atoms with Crippen molar-refractivity contribution < 1.29 is 37.0 Å². The number of nitrogens with one attached hydrogen (secondary N) is 1. The van der Waals surface area contributed by atoms with Gasteiger partial charge < -0.3 is 19.5 Å². The molecule has 3 rings (SSSR count). The first kappa shape index (κ1) is 25.8. The van der Waals surface area contributed by atoms with Crippen LogP contribution in [0.25, 0.3) is 0 Å². The third-order valence-corrected chi connectivity index (χ3v) is 5.71. The van der Waals surface area contributed by atoms with E-state index in [1.54, 1.807) is 6.07 Å². The van der Waals surface area contributed by atoms with Crippen molar-refractivity contribution in [3.05, 3.63) is 58.1 Å². The molecule has 1 amide bonds. The fourth-order valence-corrected chi connectivity index (χ4v) is 3.76. The second-order valence-electron chi connectivity index (χ2n) is 7.85. The molecule has 1 unspecified atom stereocenters. The van der Waals surface area contributed by atoms with E-state index in [-0.39, 0.29) is 35.6 Å². The van der Waals surface area contributed by atoms with Crippen molar-refractivity contribution in [2.45, 2.75) is 44.4 Å². The minimum absolute atomic E-state index is 0.0118. The largest absolute Gasteiger partial charge is 0.493 e. The first-order valence-corrected chi connectivity index (χ1v) is 11.2. The second kappa shape index (κ2) is 11.6. The molecule has 0 spiro atoms. The second-order valence-corrected chi connectivity index (χ2v) is 8.26. The molecular formula is C24H25ClF3NO5. The van der Waals surface area contributed by atoms with Gasteiger partial charge in [-0.3, -0.25) is 9.59 Å². The third-order valence-electron chi connectivity index (χ3n) is 5.38. The third kappa shape index (κ3) is 7.11. The molecule has 1 saturated heterocycles. The molecule has 0 bridgehead atoms. The average molecular weight is 500 g/mol. The normalized spacial score (nSPS) is 16.1. The molecule has 184 valence electrons. The van der Waals surface area contributed by atoms with E-state index in [9.17, 15) is 22.8 Å². The first-order chi connectivity index (χ1) is 16.2. The van der Waals surface area contributed by atoms with Gasteiger partial charge in [-0.1, -0.05) is 17.7 Å². The standard InChI is InChI=1S/C24H25ClF3NO5/c1-32-22(30)13-15-5-8-20(25)21(12-15)29-23(31)18-7-6-17(14-19(18)24(26,27)28)34-11-9-16-4-2-3-10-33-16/h5-8,12,14,16H,2-4,9-11,13H2,1H3,(H,29,31). The van der Waals surface area contributed by atoms with Crippen LogP contribution in [0.2, 0.25) is 5.02 Å². The Balaban J connectivity index is 1.74. The van der Waals surface area contributed by atoms with E-state index in [4.69, 9.17) is 21.1 Å². The zero-order valence-corrected chi connectivity index (χ0v) is 19.3. The molecule has 1 fully saturated rings. The Morgan fingerprint density at radius 3 is 2.65 bits per heavy atom. The quantitative estimate of drug-likeness (QED) is 0.474. The molecular weight excluding hydrogens is 475 g/mol. The van der Waals surface area contributed by atoms with Gasteiger partial charge in [0.25, 0.3) is 5.91 Å². The van der Waals surface area contributed by atoms with Crippen molar-refractivity contribution in [1.82, 2.24) is 0 Å². The monoisotopic (exact) mass is 499 g/mol. The molecule has 1 heterocycles. The van der Waals surface area contributed by atoms with Crippen LogP contribution in [0.3, 0.4) is 0 Å². The van der Waals surface area contributed by atoms with Crippen LogP contribution in [-0.4, -0.2) is 38.3 Å². The summed E-state index contributed by atoms with van der Waals surface area (Å²) in [6.07, 6.45) is -1.28. The maximum Gasteiger partial charge on any atom is 0.417 e. The number of methoxy groups -OCH3 is 1. The summed E-state index contributed by atoms with van der Waals surface area (Å²) in [4.78, 5) is 24.2.